The predicted molar refractivity (Wildman–Crippen MR) is 69.8 cm³/mol. The molecule has 1 heterocycles. The Morgan fingerprint density at radius 1 is 1.40 bits per heavy atom. The summed E-state index contributed by atoms with van der Waals surface area (Å²) in [5, 5.41) is 13.4. The molecule has 80 valence electrons. The van der Waals surface area contributed by atoms with Crippen LogP contribution in [0, 0.1) is 0 Å². The Morgan fingerprint density at radius 3 is 3.07 bits per heavy atom. The van der Waals surface area contributed by atoms with Gasteiger partial charge in [0.15, 0.2) is 0 Å². The van der Waals surface area contributed by atoms with Crippen LogP contribution in [0.4, 0.5) is 0 Å². The maximum absolute atomic E-state index is 10.1. The van der Waals surface area contributed by atoms with Crippen LogP contribution in [0.15, 0.2) is 29.6 Å². The molecule has 2 rings (SSSR count). The second-order valence-electron chi connectivity index (χ2n) is 3.48. The first-order valence-electron chi connectivity index (χ1n) is 4.96. The lowest BCUT2D eigenvalue weighted by molar-refractivity contribution is 0.177. The van der Waals surface area contributed by atoms with E-state index in [1.165, 1.54) is 10.1 Å². The molecule has 0 aliphatic heterocycles. The zero-order valence-electron chi connectivity index (χ0n) is 8.64. The molecule has 1 unspecified atom stereocenters. The van der Waals surface area contributed by atoms with Gasteiger partial charge in [0, 0.05) is 4.70 Å². The second kappa shape index (κ2) is 5.01. The van der Waals surface area contributed by atoms with Crippen LogP contribution in [0.25, 0.3) is 10.1 Å². The van der Waals surface area contributed by atoms with Crippen LogP contribution in [0.5, 0.6) is 0 Å². The van der Waals surface area contributed by atoms with Crippen LogP contribution in [0.3, 0.4) is 0 Å². The highest BCUT2D eigenvalue weighted by Crippen LogP contribution is 2.30. The molecule has 0 fully saturated rings. The average molecular weight is 238 g/mol. The van der Waals surface area contributed by atoms with Crippen molar-refractivity contribution in [3.8, 4) is 0 Å². The first-order chi connectivity index (χ1) is 7.33. The maximum Gasteiger partial charge on any atom is 0.0811 e. The fraction of sp³-hybridized carbons (Fsp3) is 0.333. The number of fused-ring (bicyclic) bond motifs is 1. The number of rotatable bonds is 4. The van der Waals surface area contributed by atoms with Crippen molar-refractivity contribution in [1.82, 2.24) is 0 Å². The lowest BCUT2D eigenvalue weighted by atomic mass is 10.1. The van der Waals surface area contributed by atoms with E-state index in [2.05, 4.69) is 23.8 Å². The van der Waals surface area contributed by atoms with Crippen LogP contribution in [0.1, 0.15) is 18.1 Å². The number of hydrogen-bond donors (Lipinski definition) is 1. The number of thioether (sulfide) groups is 1. The SMILES string of the molecule is CSCCC(O)c1cccc2ccsc12. The van der Waals surface area contributed by atoms with Crippen molar-refractivity contribution in [3.05, 3.63) is 35.2 Å². The van der Waals surface area contributed by atoms with Gasteiger partial charge in [0.25, 0.3) is 0 Å². The highest BCUT2D eigenvalue weighted by Gasteiger charge is 2.11. The Balaban J connectivity index is 2.29. The molecule has 1 aromatic heterocycles. The molecule has 0 bridgehead atoms. The minimum atomic E-state index is -0.320. The summed E-state index contributed by atoms with van der Waals surface area (Å²) in [6.45, 7) is 0. The van der Waals surface area contributed by atoms with E-state index in [1.807, 2.05) is 12.1 Å². The maximum atomic E-state index is 10.1. The smallest absolute Gasteiger partial charge is 0.0811 e. The highest BCUT2D eigenvalue weighted by molar-refractivity contribution is 7.98. The summed E-state index contributed by atoms with van der Waals surface area (Å²) in [6, 6.07) is 8.25. The van der Waals surface area contributed by atoms with Crippen molar-refractivity contribution < 1.29 is 5.11 Å². The summed E-state index contributed by atoms with van der Waals surface area (Å²) in [6.07, 6.45) is 2.58. The third-order valence-corrected chi connectivity index (χ3v) is 4.09. The zero-order valence-corrected chi connectivity index (χ0v) is 10.3. The standard InChI is InChI=1S/C12H14OS2/c1-14-7-6-11(13)10-4-2-3-9-5-8-15-12(9)10/h2-5,8,11,13H,6-7H2,1H3. The van der Waals surface area contributed by atoms with E-state index in [9.17, 15) is 5.11 Å². The topological polar surface area (TPSA) is 20.2 Å². The van der Waals surface area contributed by atoms with Crippen LogP contribution >= 0.6 is 23.1 Å². The number of hydrogen-bond acceptors (Lipinski definition) is 3. The van der Waals surface area contributed by atoms with Gasteiger partial charge in [0.05, 0.1) is 6.10 Å². The highest BCUT2D eigenvalue weighted by atomic mass is 32.2. The Bertz CT molecular complexity index is 436. The molecule has 15 heavy (non-hydrogen) atoms. The van der Waals surface area contributed by atoms with Crippen LogP contribution in [0.2, 0.25) is 0 Å². The Labute approximate surface area is 98.1 Å². The normalized spacial score (nSPS) is 13.2. The van der Waals surface area contributed by atoms with E-state index in [-0.39, 0.29) is 6.10 Å². The molecular formula is C12H14OS2. The number of thiophene rings is 1. The van der Waals surface area contributed by atoms with Crippen molar-refractivity contribution in [2.45, 2.75) is 12.5 Å². The summed E-state index contributed by atoms with van der Waals surface area (Å²) in [4.78, 5) is 0. The predicted octanol–water partition coefficient (Wildman–Crippen LogP) is 3.69. The summed E-state index contributed by atoms with van der Waals surface area (Å²) in [7, 11) is 0. The van der Waals surface area contributed by atoms with Crippen LogP contribution in [-0.4, -0.2) is 17.1 Å². The van der Waals surface area contributed by atoms with Crippen molar-refractivity contribution >= 4 is 33.2 Å². The Hall–Kier alpha value is -0.510. The largest absolute Gasteiger partial charge is 0.388 e. The van der Waals surface area contributed by atoms with Crippen molar-refractivity contribution in [3.63, 3.8) is 0 Å². The molecule has 1 atom stereocenters. The number of aliphatic hydroxyl groups excluding tert-OH is 1. The first kappa shape index (κ1) is 11.0. The van der Waals surface area contributed by atoms with E-state index in [0.717, 1.165) is 17.7 Å². The van der Waals surface area contributed by atoms with Gasteiger partial charge < -0.3 is 5.11 Å². The number of aliphatic hydroxyl groups is 1. The fourth-order valence-corrected chi connectivity index (χ4v) is 3.09. The number of benzene rings is 1. The van der Waals surface area contributed by atoms with Crippen molar-refractivity contribution in [2.75, 3.05) is 12.0 Å². The third-order valence-electron chi connectivity index (χ3n) is 2.46. The summed E-state index contributed by atoms with van der Waals surface area (Å²) in [5.74, 6) is 1.00. The van der Waals surface area contributed by atoms with E-state index in [4.69, 9.17) is 0 Å². The van der Waals surface area contributed by atoms with Crippen molar-refractivity contribution in [1.29, 1.82) is 0 Å². The van der Waals surface area contributed by atoms with E-state index in [1.54, 1.807) is 23.1 Å². The van der Waals surface area contributed by atoms with Gasteiger partial charge in [0.1, 0.15) is 0 Å². The van der Waals surface area contributed by atoms with E-state index in [0.29, 0.717) is 0 Å². The molecule has 0 spiro atoms. The average Bonchev–Trinajstić information content (AvgIpc) is 2.73. The molecule has 0 aliphatic rings. The van der Waals surface area contributed by atoms with Crippen molar-refractivity contribution in [2.24, 2.45) is 0 Å². The lowest BCUT2D eigenvalue weighted by Gasteiger charge is -2.10. The van der Waals surface area contributed by atoms with Gasteiger partial charge in [-0.1, -0.05) is 18.2 Å². The Kier molecular flexibility index (Phi) is 3.67. The molecule has 0 saturated heterocycles. The molecule has 1 nitrogen and oxygen atoms in total. The van der Waals surface area contributed by atoms with Gasteiger partial charge in [-0.05, 0) is 40.8 Å². The van der Waals surface area contributed by atoms with Crippen LogP contribution in [-0.2, 0) is 0 Å². The molecule has 0 saturated carbocycles. The molecule has 1 N–H and O–H groups in total. The molecule has 2 aromatic rings. The summed E-state index contributed by atoms with van der Waals surface area (Å²) >= 11 is 3.48. The van der Waals surface area contributed by atoms with Gasteiger partial charge in [0.2, 0.25) is 0 Å². The van der Waals surface area contributed by atoms with E-state index < -0.39 is 0 Å². The quantitative estimate of drug-likeness (QED) is 0.876. The monoisotopic (exact) mass is 238 g/mol. The van der Waals surface area contributed by atoms with Gasteiger partial charge in [-0.3, -0.25) is 0 Å². The molecule has 0 radical (unpaired) electrons. The molecule has 3 heteroatoms. The van der Waals surface area contributed by atoms with Gasteiger partial charge in [-0.15, -0.1) is 11.3 Å². The Morgan fingerprint density at radius 2 is 2.27 bits per heavy atom. The fourth-order valence-electron chi connectivity index (χ4n) is 1.66. The van der Waals surface area contributed by atoms with Gasteiger partial charge in [-0.25, -0.2) is 0 Å². The molecule has 0 amide bonds. The third kappa shape index (κ3) is 2.36. The van der Waals surface area contributed by atoms with Crippen LogP contribution < -0.4 is 0 Å². The van der Waals surface area contributed by atoms with E-state index >= 15 is 0 Å². The first-order valence-corrected chi connectivity index (χ1v) is 7.23. The summed E-state index contributed by atoms with van der Waals surface area (Å²) in [5.41, 5.74) is 1.08. The molecular weight excluding hydrogens is 224 g/mol. The lowest BCUT2D eigenvalue weighted by Crippen LogP contribution is -1.98. The molecule has 0 aliphatic carbocycles. The van der Waals surface area contributed by atoms with Gasteiger partial charge in [-0.2, -0.15) is 11.8 Å². The minimum Gasteiger partial charge on any atom is -0.388 e. The minimum absolute atomic E-state index is 0.320. The zero-order chi connectivity index (χ0) is 10.7. The second-order valence-corrected chi connectivity index (χ2v) is 5.39. The van der Waals surface area contributed by atoms with Gasteiger partial charge >= 0.3 is 0 Å². The summed E-state index contributed by atoms with van der Waals surface area (Å²) < 4.78 is 1.23. The molecule has 1 aromatic carbocycles.